The van der Waals surface area contributed by atoms with Gasteiger partial charge in [0.05, 0.1) is 11.7 Å². The summed E-state index contributed by atoms with van der Waals surface area (Å²) in [6.07, 6.45) is 4.14. The summed E-state index contributed by atoms with van der Waals surface area (Å²) >= 11 is 0. The van der Waals surface area contributed by atoms with Gasteiger partial charge in [-0.3, -0.25) is 9.88 Å². The van der Waals surface area contributed by atoms with Gasteiger partial charge in [0.2, 0.25) is 0 Å². The second kappa shape index (κ2) is 11.0. The Hall–Kier alpha value is -2.76. The van der Waals surface area contributed by atoms with Crippen LogP contribution in [0.3, 0.4) is 0 Å². The molecule has 5 heteroatoms. The van der Waals surface area contributed by atoms with Gasteiger partial charge in [-0.05, 0) is 80.4 Å². The van der Waals surface area contributed by atoms with E-state index in [0.717, 1.165) is 62.6 Å². The zero-order valence-electron chi connectivity index (χ0n) is 17.8. The van der Waals surface area contributed by atoms with Gasteiger partial charge < -0.3 is 10.1 Å². The number of aromatic nitrogens is 1. The summed E-state index contributed by atoms with van der Waals surface area (Å²) in [4.78, 5) is 7.02. The van der Waals surface area contributed by atoms with Gasteiger partial charge in [0.1, 0.15) is 18.2 Å². The van der Waals surface area contributed by atoms with Crippen LogP contribution in [-0.4, -0.2) is 42.7 Å². The molecule has 1 N–H and O–H groups in total. The SMILES string of the molecule is Fc1ccc(C(NCC2CCN(CCOc3ccccc3)CC2)c2ccccn2)cc1. The first-order chi connectivity index (χ1) is 15.3. The highest BCUT2D eigenvalue weighted by molar-refractivity contribution is 5.28. The Bertz CT molecular complexity index is 897. The van der Waals surface area contributed by atoms with Crippen molar-refractivity contribution in [2.24, 2.45) is 5.92 Å². The molecule has 0 saturated carbocycles. The van der Waals surface area contributed by atoms with Crippen LogP contribution in [0.25, 0.3) is 0 Å². The Morgan fingerprint density at radius 1 is 0.968 bits per heavy atom. The molecule has 1 aromatic heterocycles. The number of nitrogens with zero attached hydrogens (tertiary/aromatic N) is 2. The number of rotatable bonds is 9. The second-order valence-corrected chi connectivity index (χ2v) is 8.09. The van der Waals surface area contributed by atoms with Crippen molar-refractivity contribution in [3.05, 3.63) is 96.1 Å². The number of hydrogen-bond donors (Lipinski definition) is 1. The van der Waals surface area contributed by atoms with Crippen LogP contribution < -0.4 is 10.1 Å². The third-order valence-electron chi connectivity index (χ3n) is 5.92. The molecule has 1 aliphatic heterocycles. The number of nitrogens with one attached hydrogen (secondary N) is 1. The standard InChI is InChI=1S/C26H30FN3O/c27-23-11-9-22(10-12-23)26(25-8-4-5-15-28-25)29-20-21-13-16-30(17-14-21)18-19-31-24-6-2-1-3-7-24/h1-12,15,21,26,29H,13-14,16-20H2. The molecular formula is C26H30FN3O. The van der Waals surface area contributed by atoms with E-state index in [1.54, 1.807) is 0 Å². The van der Waals surface area contributed by atoms with Gasteiger partial charge in [0, 0.05) is 12.7 Å². The summed E-state index contributed by atoms with van der Waals surface area (Å²) in [6, 6.07) is 22.6. The van der Waals surface area contributed by atoms with Crippen molar-refractivity contribution in [1.82, 2.24) is 15.2 Å². The molecule has 1 atom stereocenters. The highest BCUT2D eigenvalue weighted by Crippen LogP contribution is 2.23. The normalized spacial score (nSPS) is 16.2. The van der Waals surface area contributed by atoms with Gasteiger partial charge in [0.25, 0.3) is 0 Å². The number of pyridine rings is 1. The fourth-order valence-corrected chi connectivity index (χ4v) is 4.10. The maximum absolute atomic E-state index is 13.4. The molecule has 4 rings (SSSR count). The maximum atomic E-state index is 13.4. The molecule has 0 radical (unpaired) electrons. The molecule has 0 spiro atoms. The number of likely N-dealkylation sites (tertiary alicyclic amines) is 1. The van der Waals surface area contributed by atoms with Gasteiger partial charge in [-0.1, -0.05) is 36.4 Å². The monoisotopic (exact) mass is 419 g/mol. The topological polar surface area (TPSA) is 37.4 Å². The van der Waals surface area contributed by atoms with Crippen molar-refractivity contribution >= 4 is 0 Å². The smallest absolute Gasteiger partial charge is 0.123 e. The lowest BCUT2D eigenvalue weighted by molar-refractivity contribution is 0.153. The van der Waals surface area contributed by atoms with Gasteiger partial charge in [-0.25, -0.2) is 4.39 Å². The first-order valence-corrected chi connectivity index (χ1v) is 11.1. The van der Waals surface area contributed by atoms with E-state index in [4.69, 9.17) is 4.74 Å². The van der Waals surface area contributed by atoms with Crippen LogP contribution in [0.1, 0.15) is 30.1 Å². The number of para-hydroxylation sites is 1. The van der Waals surface area contributed by atoms with Crippen LogP contribution in [0.5, 0.6) is 5.75 Å². The molecule has 4 nitrogen and oxygen atoms in total. The number of hydrogen-bond acceptors (Lipinski definition) is 4. The van der Waals surface area contributed by atoms with E-state index in [0.29, 0.717) is 5.92 Å². The largest absolute Gasteiger partial charge is 0.492 e. The summed E-state index contributed by atoms with van der Waals surface area (Å²) in [6.45, 7) is 4.79. The quantitative estimate of drug-likeness (QED) is 0.546. The predicted molar refractivity (Wildman–Crippen MR) is 122 cm³/mol. The summed E-state index contributed by atoms with van der Waals surface area (Å²) in [7, 11) is 0. The summed E-state index contributed by atoms with van der Waals surface area (Å²) in [5.74, 6) is 1.34. The highest BCUT2D eigenvalue weighted by atomic mass is 19.1. The van der Waals surface area contributed by atoms with Crippen molar-refractivity contribution in [2.45, 2.75) is 18.9 Å². The van der Waals surface area contributed by atoms with E-state index in [1.165, 1.54) is 12.1 Å². The van der Waals surface area contributed by atoms with E-state index in [2.05, 4.69) is 15.2 Å². The number of halogens is 1. The lowest BCUT2D eigenvalue weighted by atomic mass is 9.95. The molecule has 31 heavy (non-hydrogen) atoms. The molecule has 0 aliphatic carbocycles. The molecule has 162 valence electrons. The van der Waals surface area contributed by atoms with Crippen molar-refractivity contribution in [3.63, 3.8) is 0 Å². The predicted octanol–water partition coefficient (Wildman–Crippen LogP) is 4.69. The Kier molecular flexibility index (Phi) is 7.64. The van der Waals surface area contributed by atoms with E-state index in [-0.39, 0.29) is 11.9 Å². The second-order valence-electron chi connectivity index (χ2n) is 8.09. The lowest BCUT2D eigenvalue weighted by Gasteiger charge is -2.33. The Morgan fingerprint density at radius 2 is 1.71 bits per heavy atom. The molecule has 0 amide bonds. The molecule has 3 aromatic rings. The number of piperidine rings is 1. The van der Waals surface area contributed by atoms with Gasteiger partial charge >= 0.3 is 0 Å². The van der Waals surface area contributed by atoms with Crippen LogP contribution in [-0.2, 0) is 0 Å². The zero-order valence-corrected chi connectivity index (χ0v) is 17.8. The van der Waals surface area contributed by atoms with E-state index < -0.39 is 0 Å². The van der Waals surface area contributed by atoms with Crippen LogP contribution in [0, 0.1) is 11.7 Å². The van der Waals surface area contributed by atoms with Crippen molar-refractivity contribution in [1.29, 1.82) is 0 Å². The van der Waals surface area contributed by atoms with Gasteiger partial charge in [-0.15, -0.1) is 0 Å². The van der Waals surface area contributed by atoms with Crippen molar-refractivity contribution in [2.75, 3.05) is 32.8 Å². The number of ether oxygens (including phenoxy) is 1. The Labute approximate surface area is 184 Å². The van der Waals surface area contributed by atoms with Gasteiger partial charge in [0.15, 0.2) is 0 Å². The van der Waals surface area contributed by atoms with E-state index >= 15 is 0 Å². The fourth-order valence-electron chi connectivity index (χ4n) is 4.10. The molecule has 1 aliphatic rings. The summed E-state index contributed by atoms with van der Waals surface area (Å²) in [5.41, 5.74) is 2.00. The lowest BCUT2D eigenvalue weighted by Crippen LogP contribution is -2.40. The molecule has 2 heterocycles. The van der Waals surface area contributed by atoms with Crippen LogP contribution in [0.4, 0.5) is 4.39 Å². The van der Waals surface area contributed by atoms with Gasteiger partial charge in [-0.2, -0.15) is 0 Å². The zero-order chi connectivity index (χ0) is 21.3. The molecular weight excluding hydrogens is 389 g/mol. The molecule has 1 fully saturated rings. The van der Waals surface area contributed by atoms with Crippen molar-refractivity contribution < 1.29 is 9.13 Å². The van der Waals surface area contributed by atoms with Crippen molar-refractivity contribution in [3.8, 4) is 5.75 Å². The Morgan fingerprint density at radius 3 is 2.42 bits per heavy atom. The number of benzene rings is 2. The van der Waals surface area contributed by atoms with E-state index in [9.17, 15) is 4.39 Å². The Balaban J connectivity index is 1.25. The fraction of sp³-hybridized carbons (Fsp3) is 0.346. The molecule has 1 saturated heterocycles. The average Bonchev–Trinajstić information content (AvgIpc) is 2.83. The highest BCUT2D eigenvalue weighted by Gasteiger charge is 2.22. The van der Waals surface area contributed by atoms with E-state index in [1.807, 2.05) is 66.9 Å². The average molecular weight is 420 g/mol. The first-order valence-electron chi connectivity index (χ1n) is 11.1. The van der Waals surface area contributed by atoms with Crippen LogP contribution in [0.2, 0.25) is 0 Å². The summed E-state index contributed by atoms with van der Waals surface area (Å²) < 4.78 is 19.2. The molecule has 2 aromatic carbocycles. The minimum Gasteiger partial charge on any atom is -0.492 e. The molecule has 1 unspecified atom stereocenters. The minimum absolute atomic E-state index is 0.0286. The molecule has 0 bridgehead atoms. The van der Waals surface area contributed by atoms with Crippen LogP contribution >= 0.6 is 0 Å². The third-order valence-corrected chi connectivity index (χ3v) is 5.92. The third kappa shape index (κ3) is 6.36. The first kappa shape index (κ1) is 21.5. The maximum Gasteiger partial charge on any atom is 0.123 e. The minimum atomic E-state index is -0.216. The summed E-state index contributed by atoms with van der Waals surface area (Å²) in [5, 5.41) is 3.69. The van der Waals surface area contributed by atoms with Crippen LogP contribution in [0.15, 0.2) is 79.0 Å².